The van der Waals surface area contributed by atoms with Gasteiger partial charge in [-0.1, -0.05) is 17.7 Å². The van der Waals surface area contributed by atoms with E-state index < -0.39 is 5.91 Å². The molecule has 1 aromatic carbocycles. The van der Waals surface area contributed by atoms with Crippen molar-refractivity contribution in [1.29, 1.82) is 0 Å². The maximum absolute atomic E-state index is 11.1. The highest BCUT2D eigenvalue weighted by Crippen LogP contribution is 2.21. The first-order valence-corrected chi connectivity index (χ1v) is 5.77. The van der Waals surface area contributed by atoms with E-state index in [1.165, 1.54) is 0 Å². The molecule has 0 spiro atoms. The van der Waals surface area contributed by atoms with Crippen LogP contribution in [0.5, 0.6) is 5.75 Å². The number of aryl methyl sites for hydroxylation is 1. The lowest BCUT2D eigenvalue weighted by atomic mass is 10.1. The number of aromatic nitrogens is 2. The van der Waals surface area contributed by atoms with E-state index in [1.807, 2.05) is 25.1 Å². The van der Waals surface area contributed by atoms with Gasteiger partial charge in [0.05, 0.1) is 19.3 Å². The molecular weight excluding hydrogens is 244 g/mol. The Morgan fingerprint density at radius 2 is 2.21 bits per heavy atom. The summed E-state index contributed by atoms with van der Waals surface area (Å²) in [5, 5.41) is 4.07. The standard InChI is InChI=1S/C13H16N4O2/c1-8-3-4-11(19-2)9(5-8)6-17-7-10(14)12(16-17)13(15)18/h3-5,7H,6,14H2,1-2H3,(H2,15,18). The van der Waals surface area contributed by atoms with Crippen molar-refractivity contribution in [3.8, 4) is 5.75 Å². The third-order valence-electron chi connectivity index (χ3n) is 2.79. The number of carbonyl (C=O) groups is 1. The van der Waals surface area contributed by atoms with Gasteiger partial charge in [0.15, 0.2) is 5.69 Å². The monoisotopic (exact) mass is 260 g/mol. The van der Waals surface area contributed by atoms with E-state index in [0.717, 1.165) is 16.9 Å². The average Bonchev–Trinajstić information content (AvgIpc) is 2.71. The lowest BCUT2D eigenvalue weighted by Gasteiger charge is -2.09. The Morgan fingerprint density at radius 3 is 2.79 bits per heavy atom. The molecule has 0 radical (unpaired) electrons. The maximum atomic E-state index is 11.1. The van der Waals surface area contributed by atoms with Gasteiger partial charge in [-0.15, -0.1) is 0 Å². The second kappa shape index (κ2) is 5.01. The smallest absolute Gasteiger partial charge is 0.271 e. The van der Waals surface area contributed by atoms with Gasteiger partial charge in [0.2, 0.25) is 0 Å². The summed E-state index contributed by atoms with van der Waals surface area (Å²) in [4.78, 5) is 11.1. The highest BCUT2D eigenvalue weighted by atomic mass is 16.5. The molecule has 19 heavy (non-hydrogen) atoms. The van der Waals surface area contributed by atoms with Gasteiger partial charge in [-0.05, 0) is 13.0 Å². The van der Waals surface area contributed by atoms with Crippen LogP contribution in [0.15, 0.2) is 24.4 Å². The van der Waals surface area contributed by atoms with Crippen LogP contribution in [0.25, 0.3) is 0 Å². The summed E-state index contributed by atoms with van der Waals surface area (Å²) in [5.41, 5.74) is 13.3. The number of amides is 1. The Kier molecular flexibility index (Phi) is 3.41. The molecule has 2 aromatic rings. The first-order valence-electron chi connectivity index (χ1n) is 5.77. The van der Waals surface area contributed by atoms with Crippen LogP contribution in [0.1, 0.15) is 21.6 Å². The van der Waals surface area contributed by atoms with E-state index in [-0.39, 0.29) is 11.4 Å². The molecule has 0 unspecified atom stereocenters. The van der Waals surface area contributed by atoms with Gasteiger partial charge in [-0.25, -0.2) is 0 Å². The molecule has 1 aromatic heterocycles. The number of carbonyl (C=O) groups excluding carboxylic acids is 1. The van der Waals surface area contributed by atoms with Gasteiger partial charge >= 0.3 is 0 Å². The van der Waals surface area contributed by atoms with Crippen molar-refractivity contribution in [3.05, 3.63) is 41.2 Å². The Balaban J connectivity index is 2.33. The topological polar surface area (TPSA) is 96.2 Å². The highest BCUT2D eigenvalue weighted by Gasteiger charge is 2.12. The number of primary amides is 1. The van der Waals surface area contributed by atoms with Crippen molar-refractivity contribution in [1.82, 2.24) is 9.78 Å². The molecule has 1 amide bonds. The summed E-state index contributed by atoms with van der Waals surface area (Å²) in [6.07, 6.45) is 1.59. The van der Waals surface area contributed by atoms with Crippen LogP contribution in [-0.2, 0) is 6.54 Å². The van der Waals surface area contributed by atoms with Crippen molar-refractivity contribution < 1.29 is 9.53 Å². The van der Waals surface area contributed by atoms with E-state index in [0.29, 0.717) is 6.54 Å². The molecule has 0 saturated heterocycles. The zero-order valence-corrected chi connectivity index (χ0v) is 10.9. The lowest BCUT2D eigenvalue weighted by Crippen LogP contribution is -2.14. The molecule has 4 N–H and O–H groups in total. The summed E-state index contributed by atoms with van der Waals surface area (Å²) in [6, 6.07) is 5.86. The fourth-order valence-corrected chi connectivity index (χ4v) is 1.91. The normalized spacial score (nSPS) is 10.4. The van der Waals surface area contributed by atoms with Crippen molar-refractivity contribution in [2.75, 3.05) is 12.8 Å². The zero-order valence-electron chi connectivity index (χ0n) is 10.9. The van der Waals surface area contributed by atoms with Crippen molar-refractivity contribution in [2.45, 2.75) is 13.5 Å². The van der Waals surface area contributed by atoms with Crippen LogP contribution in [0.3, 0.4) is 0 Å². The number of methoxy groups -OCH3 is 1. The molecule has 2 rings (SSSR count). The predicted molar refractivity (Wildman–Crippen MR) is 72.0 cm³/mol. The number of hydrogen-bond acceptors (Lipinski definition) is 4. The largest absolute Gasteiger partial charge is 0.496 e. The summed E-state index contributed by atoms with van der Waals surface area (Å²) in [6.45, 7) is 2.46. The van der Waals surface area contributed by atoms with Crippen LogP contribution in [0.4, 0.5) is 5.69 Å². The van der Waals surface area contributed by atoms with Gasteiger partial charge < -0.3 is 16.2 Å². The predicted octanol–water partition coefficient (Wildman–Crippen LogP) is 0.930. The fourth-order valence-electron chi connectivity index (χ4n) is 1.91. The van der Waals surface area contributed by atoms with E-state index in [9.17, 15) is 4.79 Å². The van der Waals surface area contributed by atoms with E-state index in [1.54, 1.807) is 18.0 Å². The number of nitrogen functional groups attached to an aromatic ring is 1. The van der Waals surface area contributed by atoms with Crippen LogP contribution in [0, 0.1) is 6.92 Å². The maximum Gasteiger partial charge on any atom is 0.271 e. The van der Waals surface area contributed by atoms with Crippen LogP contribution >= 0.6 is 0 Å². The van der Waals surface area contributed by atoms with Crippen LogP contribution in [0.2, 0.25) is 0 Å². The molecule has 0 fully saturated rings. The second-order valence-electron chi connectivity index (χ2n) is 4.31. The Hall–Kier alpha value is -2.50. The van der Waals surface area contributed by atoms with Gasteiger partial charge in [-0.3, -0.25) is 9.48 Å². The third-order valence-corrected chi connectivity index (χ3v) is 2.79. The molecule has 6 nitrogen and oxygen atoms in total. The third kappa shape index (κ3) is 2.67. The van der Waals surface area contributed by atoms with Gasteiger partial charge in [0.25, 0.3) is 5.91 Å². The first-order chi connectivity index (χ1) is 9.01. The fraction of sp³-hybridized carbons (Fsp3) is 0.231. The van der Waals surface area contributed by atoms with E-state index in [4.69, 9.17) is 16.2 Å². The molecule has 0 aliphatic heterocycles. The quantitative estimate of drug-likeness (QED) is 0.854. The number of ether oxygens (including phenoxy) is 1. The Labute approximate surface area is 111 Å². The SMILES string of the molecule is COc1ccc(C)cc1Cn1cc(N)c(C(N)=O)n1. The highest BCUT2D eigenvalue weighted by molar-refractivity contribution is 5.95. The first kappa shape index (κ1) is 12.9. The molecule has 1 heterocycles. The summed E-state index contributed by atoms with van der Waals surface area (Å²) < 4.78 is 6.87. The Bertz CT molecular complexity index is 619. The molecule has 6 heteroatoms. The Morgan fingerprint density at radius 1 is 1.47 bits per heavy atom. The van der Waals surface area contributed by atoms with Gasteiger partial charge in [0.1, 0.15) is 5.75 Å². The molecular formula is C13H16N4O2. The second-order valence-corrected chi connectivity index (χ2v) is 4.31. The van der Waals surface area contributed by atoms with Crippen LogP contribution < -0.4 is 16.2 Å². The minimum Gasteiger partial charge on any atom is -0.496 e. The van der Waals surface area contributed by atoms with E-state index >= 15 is 0 Å². The van der Waals surface area contributed by atoms with Crippen molar-refractivity contribution >= 4 is 11.6 Å². The molecule has 0 saturated carbocycles. The number of nitrogens with two attached hydrogens (primary N) is 2. The minimum atomic E-state index is -0.632. The number of benzene rings is 1. The van der Waals surface area contributed by atoms with E-state index in [2.05, 4.69) is 5.10 Å². The average molecular weight is 260 g/mol. The molecule has 0 aliphatic carbocycles. The lowest BCUT2D eigenvalue weighted by molar-refractivity contribution is 0.0995. The molecule has 0 bridgehead atoms. The van der Waals surface area contributed by atoms with Gasteiger partial charge in [-0.2, -0.15) is 5.10 Å². The zero-order chi connectivity index (χ0) is 14.0. The number of hydrogen-bond donors (Lipinski definition) is 2. The summed E-state index contributed by atoms with van der Waals surface area (Å²) in [5.74, 6) is 0.132. The number of nitrogens with zero attached hydrogens (tertiary/aromatic N) is 2. The van der Waals surface area contributed by atoms with Crippen LogP contribution in [-0.4, -0.2) is 22.8 Å². The number of rotatable bonds is 4. The van der Waals surface area contributed by atoms with Crippen molar-refractivity contribution in [3.63, 3.8) is 0 Å². The molecule has 0 aliphatic rings. The number of anilines is 1. The minimum absolute atomic E-state index is 0.0895. The molecule has 100 valence electrons. The van der Waals surface area contributed by atoms with Gasteiger partial charge in [0, 0.05) is 11.8 Å². The molecule has 0 atom stereocenters. The summed E-state index contributed by atoms with van der Waals surface area (Å²) >= 11 is 0. The summed E-state index contributed by atoms with van der Waals surface area (Å²) in [7, 11) is 1.61. The van der Waals surface area contributed by atoms with Crippen molar-refractivity contribution in [2.24, 2.45) is 5.73 Å².